The van der Waals surface area contributed by atoms with Gasteiger partial charge < -0.3 is 10.0 Å². The van der Waals surface area contributed by atoms with Gasteiger partial charge in [-0.1, -0.05) is 0 Å². The fraction of sp³-hybridized carbons (Fsp3) is 0.538. The number of nitrogens with zero attached hydrogens (tertiary/aromatic N) is 2. The zero-order valence-electron chi connectivity index (χ0n) is 10.8. The molecule has 0 aliphatic carbocycles. The lowest BCUT2D eigenvalue weighted by Crippen LogP contribution is -2.41. The van der Waals surface area contributed by atoms with Crippen LogP contribution in [-0.4, -0.2) is 35.7 Å². The first-order chi connectivity index (χ1) is 9.15. The van der Waals surface area contributed by atoms with Crippen molar-refractivity contribution in [2.24, 2.45) is 5.92 Å². The number of anilines is 1. The molecule has 0 atom stereocenters. The summed E-state index contributed by atoms with van der Waals surface area (Å²) in [6.45, 7) is 3.36. The van der Waals surface area contributed by atoms with E-state index in [9.17, 15) is 4.79 Å². The Morgan fingerprint density at radius 2 is 2.32 bits per heavy atom. The quantitative estimate of drug-likeness (QED) is 0.871. The van der Waals surface area contributed by atoms with Crippen molar-refractivity contribution < 1.29 is 9.90 Å². The number of aryl methyl sites for hydroxylation is 1. The van der Waals surface area contributed by atoms with E-state index in [4.69, 9.17) is 10.4 Å². The molecule has 6 heteroatoms. The number of carbonyl (C=O) groups is 1. The van der Waals surface area contributed by atoms with Gasteiger partial charge in [0.25, 0.3) is 0 Å². The molecule has 2 rings (SSSR count). The van der Waals surface area contributed by atoms with Crippen LogP contribution in [0.2, 0.25) is 0 Å². The van der Waals surface area contributed by atoms with Crippen LogP contribution in [0.5, 0.6) is 0 Å². The summed E-state index contributed by atoms with van der Waals surface area (Å²) < 4.78 is 0. The Labute approximate surface area is 116 Å². The number of piperidine rings is 1. The molecular weight excluding hydrogens is 262 g/mol. The standard InChI is InChI=1S/C13H17N3O2S/c1-9-8-19-12(11(9)6-14)15-13(18)16-4-2-10(7-17)3-5-16/h8,10,17H,2-5,7H2,1H3,(H,15,18). The van der Waals surface area contributed by atoms with E-state index >= 15 is 0 Å². The van der Waals surface area contributed by atoms with Crippen LogP contribution < -0.4 is 5.32 Å². The molecule has 5 nitrogen and oxygen atoms in total. The van der Waals surface area contributed by atoms with Crippen LogP contribution in [0.15, 0.2) is 5.38 Å². The number of rotatable bonds is 2. The number of nitriles is 1. The maximum Gasteiger partial charge on any atom is 0.322 e. The second-order valence-electron chi connectivity index (χ2n) is 4.78. The number of aliphatic hydroxyl groups is 1. The van der Waals surface area contributed by atoms with E-state index in [1.807, 2.05) is 12.3 Å². The molecule has 102 valence electrons. The van der Waals surface area contributed by atoms with Crippen LogP contribution in [0.25, 0.3) is 0 Å². The molecule has 1 aliphatic rings. The number of likely N-dealkylation sites (tertiary alicyclic amines) is 1. The lowest BCUT2D eigenvalue weighted by atomic mass is 9.98. The molecule has 1 aromatic heterocycles. The van der Waals surface area contributed by atoms with E-state index in [0.29, 0.717) is 29.6 Å². The van der Waals surface area contributed by atoms with Crippen molar-refractivity contribution in [3.8, 4) is 6.07 Å². The van der Waals surface area contributed by atoms with Gasteiger partial charge in [-0.2, -0.15) is 5.26 Å². The second-order valence-corrected chi connectivity index (χ2v) is 5.66. The predicted octanol–water partition coefficient (Wildman–Crippen LogP) is 2.16. The van der Waals surface area contributed by atoms with Gasteiger partial charge in [0.1, 0.15) is 11.1 Å². The summed E-state index contributed by atoms with van der Waals surface area (Å²) in [6, 6.07) is 1.95. The topological polar surface area (TPSA) is 76.4 Å². The summed E-state index contributed by atoms with van der Waals surface area (Å²) >= 11 is 1.38. The number of hydrogen-bond donors (Lipinski definition) is 2. The molecule has 1 saturated heterocycles. The molecule has 0 bridgehead atoms. The molecule has 1 aliphatic heterocycles. The number of carbonyl (C=O) groups excluding carboxylic acids is 1. The summed E-state index contributed by atoms with van der Waals surface area (Å²) in [5.74, 6) is 0.308. The van der Waals surface area contributed by atoms with Crippen LogP contribution in [-0.2, 0) is 0 Å². The molecule has 2 N–H and O–H groups in total. The summed E-state index contributed by atoms with van der Waals surface area (Å²) in [7, 11) is 0. The van der Waals surface area contributed by atoms with Gasteiger partial charge in [0.15, 0.2) is 0 Å². The fourth-order valence-corrected chi connectivity index (χ4v) is 3.05. The van der Waals surface area contributed by atoms with Crippen LogP contribution in [0.3, 0.4) is 0 Å². The molecule has 0 spiro atoms. The van der Waals surface area contributed by atoms with Gasteiger partial charge in [0, 0.05) is 19.7 Å². The Morgan fingerprint density at radius 1 is 1.63 bits per heavy atom. The Morgan fingerprint density at radius 3 is 2.89 bits per heavy atom. The predicted molar refractivity (Wildman–Crippen MR) is 74.2 cm³/mol. The average molecular weight is 279 g/mol. The smallest absolute Gasteiger partial charge is 0.322 e. The third-order valence-corrected chi connectivity index (χ3v) is 4.48. The molecule has 0 radical (unpaired) electrons. The van der Waals surface area contributed by atoms with Gasteiger partial charge in [-0.15, -0.1) is 11.3 Å². The Balaban J connectivity index is 1.96. The van der Waals surface area contributed by atoms with Crippen molar-refractivity contribution in [2.75, 3.05) is 25.0 Å². The summed E-state index contributed by atoms with van der Waals surface area (Å²) in [5, 5.41) is 23.4. The first-order valence-electron chi connectivity index (χ1n) is 6.30. The molecule has 1 fully saturated rings. The van der Waals surface area contributed by atoms with Crippen LogP contribution >= 0.6 is 11.3 Å². The Bertz CT molecular complexity index is 498. The first kappa shape index (κ1) is 13.8. The van der Waals surface area contributed by atoms with Crippen molar-refractivity contribution >= 4 is 22.4 Å². The Hall–Kier alpha value is -1.58. The highest BCUT2D eigenvalue weighted by atomic mass is 32.1. The summed E-state index contributed by atoms with van der Waals surface area (Å²) in [4.78, 5) is 13.8. The minimum atomic E-state index is -0.158. The number of hydrogen-bond acceptors (Lipinski definition) is 4. The van der Waals surface area contributed by atoms with Crippen molar-refractivity contribution in [3.63, 3.8) is 0 Å². The minimum absolute atomic E-state index is 0.158. The van der Waals surface area contributed by atoms with E-state index in [2.05, 4.69) is 11.4 Å². The van der Waals surface area contributed by atoms with Crippen LogP contribution in [0.1, 0.15) is 24.0 Å². The van der Waals surface area contributed by atoms with Crippen molar-refractivity contribution in [3.05, 3.63) is 16.5 Å². The van der Waals surface area contributed by atoms with E-state index in [1.165, 1.54) is 11.3 Å². The third-order valence-electron chi connectivity index (χ3n) is 3.47. The lowest BCUT2D eigenvalue weighted by molar-refractivity contribution is 0.143. The first-order valence-corrected chi connectivity index (χ1v) is 7.18. The second kappa shape index (κ2) is 6.04. The van der Waals surface area contributed by atoms with Crippen LogP contribution in [0.4, 0.5) is 9.80 Å². The molecule has 0 aromatic carbocycles. The summed E-state index contributed by atoms with van der Waals surface area (Å²) in [5.41, 5.74) is 1.44. The number of amides is 2. The molecular formula is C13H17N3O2S. The molecule has 19 heavy (non-hydrogen) atoms. The third kappa shape index (κ3) is 3.06. The van der Waals surface area contributed by atoms with Crippen molar-refractivity contribution in [1.82, 2.24) is 4.90 Å². The highest BCUT2D eigenvalue weighted by Gasteiger charge is 2.23. The van der Waals surface area contributed by atoms with E-state index in [1.54, 1.807) is 4.90 Å². The maximum atomic E-state index is 12.1. The van der Waals surface area contributed by atoms with Gasteiger partial charge in [-0.05, 0) is 36.6 Å². The largest absolute Gasteiger partial charge is 0.396 e. The number of thiophene rings is 1. The van der Waals surface area contributed by atoms with Crippen molar-refractivity contribution in [2.45, 2.75) is 19.8 Å². The highest BCUT2D eigenvalue weighted by Crippen LogP contribution is 2.27. The molecule has 0 saturated carbocycles. The van der Waals surface area contributed by atoms with Gasteiger partial charge in [0.2, 0.25) is 0 Å². The molecule has 0 unspecified atom stereocenters. The van der Waals surface area contributed by atoms with Gasteiger partial charge in [0.05, 0.1) is 5.56 Å². The van der Waals surface area contributed by atoms with Crippen LogP contribution in [0, 0.1) is 24.2 Å². The lowest BCUT2D eigenvalue weighted by Gasteiger charge is -2.30. The normalized spacial score (nSPS) is 16.2. The van der Waals surface area contributed by atoms with Gasteiger partial charge in [-0.25, -0.2) is 4.79 Å². The van der Waals surface area contributed by atoms with E-state index < -0.39 is 0 Å². The van der Waals surface area contributed by atoms with Gasteiger partial charge in [-0.3, -0.25) is 5.32 Å². The molecule has 2 heterocycles. The number of urea groups is 1. The van der Waals surface area contributed by atoms with Gasteiger partial charge >= 0.3 is 6.03 Å². The average Bonchev–Trinajstić information content (AvgIpc) is 2.79. The highest BCUT2D eigenvalue weighted by molar-refractivity contribution is 7.14. The van der Waals surface area contributed by atoms with E-state index in [0.717, 1.165) is 18.4 Å². The maximum absolute atomic E-state index is 12.1. The number of aliphatic hydroxyl groups excluding tert-OH is 1. The SMILES string of the molecule is Cc1csc(NC(=O)N2CCC(CO)CC2)c1C#N. The fourth-order valence-electron chi connectivity index (χ4n) is 2.17. The molecule has 1 aromatic rings. The van der Waals surface area contributed by atoms with Crippen molar-refractivity contribution in [1.29, 1.82) is 5.26 Å². The number of nitrogens with one attached hydrogen (secondary N) is 1. The Kier molecular flexibility index (Phi) is 4.40. The van der Waals surface area contributed by atoms with E-state index in [-0.39, 0.29) is 12.6 Å². The zero-order valence-corrected chi connectivity index (χ0v) is 11.7. The molecule has 2 amide bonds. The monoisotopic (exact) mass is 279 g/mol. The minimum Gasteiger partial charge on any atom is -0.396 e. The zero-order chi connectivity index (χ0) is 13.8. The summed E-state index contributed by atoms with van der Waals surface area (Å²) in [6.07, 6.45) is 1.66.